The van der Waals surface area contributed by atoms with Crippen molar-refractivity contribution in [2.24, 2.45) is 0 Å². The van der Waals surface area contributed by atoms with E-state index in [-0.39, 0.29) is 18.6 Å². The summed E-state index contributed by atoms with van der Waals surface area (Å²) in [5.41, 5.74) is 0.811. The van der Waals surface area contributed by atoms with Crippen molar-refractivity contribution >= 4 is 23.3 Å². The zero-order valence-corrected chi connectivity index (χ0v) is 11.0. The quantitative estimate of drug-likeness (QED) is 0.760. The summed E-state index contributed by atoms with van der Waals surface area (Å²) in [6.45, 7) is 4.02. The average molecular weight is 254 g/mol. The van der Waals surface area contributed by atoms with E-state index in [2.05, 4.69) is 10.3 Å². The van der Waals surface area contributed by atoms with Crippen molar-refractivity contribution in [3.8, 4) is 0 Å². The van der Waals surface area contributed by atoms with E-state index in [1.165, 1.54) is 6.08 Å². The highest BCUT2D eigenvalue weighted by molar-refractivity contribution is 7.09. The lowest BCUT2D eigenvalue weighted by atomic mass is 10.2. The highest BCUT2D eigenvalue weighted by Gasteiger charge is 2.03. The number of aliphatic hydroxyl groups excluding tert-OH is 1. The van der Waals surface area contributed by atoms with E-state index in [4.69, 9.17) is 5.11 Å². The maximum absolute atomic E-state index is 11.5. The molecular formula is C12H18N2O2S. The SMILES string of the molecule is Cc1nc(/C=C/C(=O)NC(C)CCCO)cs1. The van der Waals surface area contributed by atoms with Gasteiger partial charge in [0.15, 0.2) is 0 Å². The van der Waals surface area contributed by atoms with Crippen molar-refractivity contribution < 1.29 is 9.90 Å². The van der Waals surface area contributed by atoms with E-state index in [1.54, 1.807) is 17.4 Å². The van der Waals surface area contributed by atoms with Gasteiger partial charge in [-0.2, -0.15) is 0 Å². The van der Waals surface area contributed by atoms with Crippen LogP contribution in [0, 0.1) is 6.92 Å². The fourth-order valence-electron chi connectivity index (χ4n) is 1.38. The normalized spacial score (nSPS) is 12.9. The molecular weight excluding hydrogens is 236 g/mol. The molecule has 1 rings (SSSR count). The Morgan fingerprint density at radius 1 is 1.71 bits per heavy atom. The molecule has 1 amide bonds. The minimum atomic E-state index is -0.124. The molecule has 1 heterocycles. The molecule has 1 unspecified atom stereocenters. The third-order valence-electron chi connectivity index (χ3n) is 2.23. The Bertz CT molecular complexity index is 388. The largest absolute Gasteiger partial charge is 0.396 e. The first-order valence-electron chi connectivity index (χ1n) is 5.63. The van der Waals surface area contributed by atoms with Gasteiger partial charge in [-0.1, -0.05) is 0 Å². The number of thiazole rings is 1. The van der Waals surface area contributed by atoms with Gasteiger partial charge in [-0.05, 0) is 32.8 Å². The summed E-state index contributed by atoms with van der Waals surface area (Å²) in [6.07, 6.45) is 4.68. The van der Waals surface area contributed by atoms with Gasteiger partial charge in [-0.3, -0.25) is 4.79 Å². The number of hydrogen-bond acceptors (Lipinski definition) is 4. The molecule has 17 heavy (non-hydrogen) atoms. The summed E-state index contributed by atoms with van der Waals surface area (Å²) in [7, 11) is 0. The van der Waals surface area contributed by atoms with Crippen molar-refractivity contribution in [3.05, 3.63) is 22.2 Å². The van der Waals surface area contributed by atoms with Gasteiger partial charge in [0, 0.05) is 24.1 Å². The number of aromatic nitrogens is 1. The fourth-order valence-corrected chi connectivity index (χ4v) is 1.96. The highest BCUT2D eigenvalue weighted by atomic mass is 32.1. The fraction of sp³-hybridized carbons (Fsp3) is 0.500. The van der Waals surface area contributed by atoms with E-state index in [9.17, 15) is 4.79 Å². The van der Waals surface area contributed by atoms with Gasteiger partial charge in [0.2, 0.25) is 5.91 Å². The van der Waals surface area contributed by atoms with Gasteiger partial charge in [0.1, 0.15) is 0 Å². The minimum Gasteiger partial charge on any atom is -0.396 e. The summed E-state index contributed by atoms with van der Waals surface area (Å²) < 4.78 is 0. The molecule has 4 nitrogen and oxygen atoms in total. The maximum Gasteiger partial charge on any atom is 0.244 e. The van der Waals surface area contributed by atoms with Crippen LogP contribution in [-0.4, -0.2) is 28.6 Å². The molecule has 0 aliphatic carbocycles. The summed E-state index contributed by atoms with van der Waals surface area (Å²) in [5, 5.41) is 14.4. The van der Waals surface area contributed by atoms with Gasteiger partial charge in [0.05, 0.1) is 10.7 Å². The number of amides is 1. The molecule has 2 N–H and O–H groups in total. The van der Waals surface area contributed by atoms with Crippen LogP contribution in [0.25, 0.3) is 6.08 Å². The molecule has 0 saturated carbocycles. The van der Waals surface area contributed by atoms with Gasteiger partial charge < -0.3 is 10.4 Å². The van der Waals surface area contributed by atoms with E-state index in [0.717, 1.165) is 17.1 Å². The minimum absolute atomic E-state index is 0.0801. The molecule has 0 aromatic carbocycles. The second kappa shape index (κ2) is 7.19. The number of nitrogens with one attached hydrogen (secondary N) is 1. The molecule has 5 heteroatoms. The lowest BCUT2D eigenvalue weighted by Crippen LogP contribution is -2.31. The number of carbonyl (C=O) groups is 1. The molecule has 0 radical (unpaired) electrons. The van der Waals surface area contributed by atoms with Crippen LogP contribution in [0.3, 0.4) is 0 Å². The zero-order chi connectivity index (χ0) is 12.7. The lowest BCUT2D eigenvalue weighted by Gasteiger charge is -2.10. The Kier molecular flexibility index (Phi) is 5.86. The van der Waals surface area contributed by atoms with E-state index in [0.29, 0.717) is 6.42 Å². The molecule has 0 aliphatic heterocycles. The van der Waals surface area contributed by atoms with Crippen LogP contribution in [0.15, 0.2) is 11.5 Å². The van der Waals surface area contributed by atoms with Crippen LogP contribution in [-0.2, 0) is 4.79 Å². The summed E-state index contributed by atoms with van der Waals surface area (Å²) in [6, 6.07) is 0.0801. The molecule has 0 fully saturated rings. The third-order valence-corrected chi connectivity index (χ3v) is 3.02. The standard InChI is InChI=1S/C12H18N2O2S/c1-9(4-3-7-15)13-12(16)6-5-11-8-17-10(2)14-11/h5-6,8-9,15H,3-4,7H2,1-2H3,(H,13,16)/b6-5+. The predicted octanol–water partition coefficient (Wildman–Crippen LogP) is 1.74. The smallest absolute Gasteiger partial charge is 0.244 e. The molecule has 0 saturated heterocycles. The molecule has 1 atom stereocenters. The van der Waals surface area contributed by atoms with E-state index < -0.39 is 0 Å². The van der Waals surface area contributed by atoms with Crippen molar-refractivity contribution in [2.45, 2.75) is 32.7 Å². The topological polar surface area (TPSA) is 62.2 Å². The van der Waals surface area contributed by atoms with E-state index >= 15 is 0 Å². The Morgan fingerprint density at radius 3 is 3.06 bits per heavy atom. The summed E-state index contributed by atoms with van der Waals surface area (Å²) >= 11 is 1.56. The number of aliphatic hydroxyl groups is 1. The van der Waals surface area contributed by atoms with Crippen LogP contribution in [0.4, 0.5) is 0 Å². The number of hydrogen-bond donors (Lipinski definition) is 2. The van der Waals surface area contributed by atoms with Crippen LogP contribution in [0.1, 0.15) is 30.5 Å². The molecule has 0 spiro atoms. The summed E-state index contributed by atoms with van der Waals surface area (Å²) in [4.78, 5) is 15.7. The monoisotopic (exact) mass is 254 g/mol. The number of rotatable bonds is 6. The van der Waals surface area contributed by atoms with E-state index in [1.807, 2.05) is 19.2 Å². The average Bonchev–Trinajstić information content (AvgIpc) is 2.70. The van der Waals surface area contributed by atoms with Gasteiger partial charge in [0.25, 0.3) is 0 Å². The first-order chi connectivity index (χ1) is 8.11. The first-order valence-corrected chi connectivity index (χ1v) is 6.51. The Morgan fingerprint density at radius 2 is 2.47 bits per heavy atom. The van der Waals surface area contributed by atoms with Gasteiger partial charge in [-0.25, -0.2) is 4.98 Å². The molecule has 1 aromatic rings. The van der Waals surface area contributed by atoms with Crippen molar-refractivity contribution in [3.63, 3.8) is 0 Å². The van der Waals surface area contributed by atoms with Crippen LogP contribution in [0.5, 0.6) is 0 Å². The molecule has 0 aliphatic rings. The Balaban J connectivity index is 2.36. The van der Waals surface area contributed by atoms with Crippen LogP contribution < -0.4 is 5.32 Å². The predicted molar refractivity (Wildman–Crippen MR) is 69.8 cm³/mol. The Labute approximate surface area is 105 Å². The van der Waals surface area contributed by atoms with Crippen molar-refractivity contribution in [1.29, 1.82) is 0 Å². The highest BCUT2D eigenvalue weighted by Crippen LogP contribution is 2.09. The number of nitrogens with zero attached hydrogens (tertiary/aromatic N) is 1. The second-order valence-corrected chi connectivity index (χ2v) is 4.96. The lowest BCUT2D eigenvalue weighted by molar-refractivity contribution is -0.117. The van der Waals surface area contributed by atoms with Crippen LogP contribution >= 0.6 is 11.3 Å². The molecule has 1 aromatic heterocycles. The van der Waals surface area contributed by atoms with Gasteiger partial charge >= 0.3 is 0 Å². The third kappa shape index (κ3) is 5.60. The van der Waals surface area contributed by atoms with Crippen molar-refractivity contribution in [1.82, 2.24) is 10.3 Å². The number of aryl methyl sites for hydroxylation is 1. The molecule has 0 bridgehead atoms. The Hall–Kier alpha value is -1.20. The first kappa shape index (κ1) is 13.9. The molecule has 94 valence electrons. The van der Waals surface area contributed by atoms with Crippen molar-refractivity contribution in [2.75, 3.05) is 6.61 Å². The van der Waals surface area contributed by atoms with Gasteiger partial charge in [-0.15, -0.1) is 11.3 Å². The maximum atomic E-state index is 11.5. The number of carbonyl (C=O) groups excluding carboxylic acids is 1. The zero-order valence-electron chi connectivity index (χ0n) is 10.1. The second-order valence-electron chi connectivity index (χ2n) is 3.90. The summed E-state index contributed by atoms with van der Waals surface area (Å²) in [5.74, 6) is -0.124. The van der Waals surface area contributed by atoms with Crippen LogP contribution in [0.2, 0.25) is 0 Å².